The van der Waals surface area contributed by atoms with Crippen LogP contribution in [0.2, 0.25) is 0 Å². The van der Waals surface area contributed by atoms with Crippen molar-refractivity contribution >= 4 is 5.91 Å². The minimum Gasteiger partial charge on any atom is -0.376 e. The summed E-state index contributed by atoms with van der Waals surface area (Å²) in [6, 6.07) is 4.32. The molecule has 9 heteroatoms. The molecular weight excluding hydrogens is 402 g/mol. The van der Waals surface area contributed by atoms with E-state index in [9.17, 15) is 22.4 Å². The molecule has 0 aliphatic carbocycles. The van der Waals surface area contributed by atoms with Gasteiger partial charge in [0.05, 0.1) is 23.8 Å². The second-order valence-corrected chi connectivity index (χ2v) is 8.46. The number of aromatic nitrogens is 2. The summed E-state index contributed by atoms with van der Waals surface area (Å²) in [4.78, 5) is 16.6. The Morgan fingerprint density at radius 3 is 2.53 bits per heavy atom. The second-order valence-electron chi connectivity index (χ2n) is 8.46. The lowest BCUT2D eigenvalue weighted by Crippen LogP contribution is -2.30. The average Bonchev–Trinajstić information content (AvgIpc) is 3.24. The molecule has 0 saturated carbocycles. The van der Waals surface area contributed by atoms with E-state index in [2.05, 4.69) is 4.99 Å². The van der Waals surface area contributed by atoms with Crippen LogP contribution in [0.1, 0.15) is 55.2 Å². The SMILES string of the molecule is Cn1c(C(C)(C)C)cc(=NC(=O)c2cccc(C(F)(F)F)c2F)n1C[C@H]1CCCO1. The molecule has 2 aromatic rings. The topological polar surface area (TPSA) is 48.5 Å². The first-order valence-corrected chi connectivity index (χ1v) is 9.73. The maximum atomic E-state index is 14.4. The minimum absolute atomic E-state index is 0.0502. The van der Waals surface area contributed by atoms with Crippen LogP contribution in [0.15, 0.2) is 29.3 Å². The van der Waals surface area contributed by atoms with E-state index in [1.807, 2.05) is 32.5 Å². The van der Waals surface area contributed by atoms with Gasteiger partial charge in [0.2, 0.25) is 0 Å². The van der Waals surface area contributed by atoms with Crippen molar-refractivity contribution in [3.8, 4) is 0 Å². The number of alkyl halides is 3. The third-order valence-electron chi connectivity index (χ3n) is 5.16. The standard InChI is InChI=1S/C21H25F4N3O2/c1-20(2,3)16-11-17(28(27(16)4)12-13-7-6-10-30-13)26-19(29)14-8-5-9-15(18(14)22)21(23,24)25/h5,8-9,11,13H,6-7,10,12H2,1-4H3/t13-/m1/s1. The van der Waals surface area contributed by atoms with Crippen molar-refractivity contribution < 1.29 is 27.1 Å². The zero-order valence-corrected chi connectivity index (χ0v) is 17.4. The van der Waals surface area contributed by atoms with Crippen LogP contribution in [-0.4, -0.2) is 28.0 Å². The van der Waals surface area contributed by atoms with Crippen molar-refractivity contribution in [3.05, 3.63) is 52.4 Å². The van der Waals surface area contributed by atoms with E-state index in [4.69, 9.17) is 4.74 Å². The Kier molecular flexibility index (Phi) is 5.95. The molecule has 1 aromatic carbocycles. The number of benzene rings is 1. The molecule has 1 aromatic heterocycles. The van der Waals surface area contributed by atoms with E-state index in [0.717, 1.165) is 30.7 Å². The summed E-state index contributed by atoms with van der Waals surface area (Å²) in [5, 5.41) is 0. The highest BCUT2D eigenvalue weighted by Crippen LogP contribution is 2.32. The molecule has 1 fully saturated rings. The van der Waals surface area contributed by atoms with Crippen LogP contribution in [0.5, 0.6) is 0 Å². The van der Waals surface area contributed by atoms with Gasteiger partial charge in [-0.3, -0.25) is 14.2 Å². The Labute approximate surface area is 172 Å². The second kappa shape index (κ2) is 8.02. The van der Waals surface area contributed by atoms with Gasteiger partial charge in [0, 0.05) is 30.8 Å². The fourth-order valence-corrected chi connectivity index (χ4v) is 3.64. The van der Waals surface area contributed by atoms with Crippen LogP contribution < -0.4 is 5.49 Å². The molecule has 0 N–H and O–H groups in total. The lowest BCUT2D eigenvalue weighted by atomic mass is 9.92. The molecule has 0 spiro atoms. The molecule has 3 rings (SSSR count). The van der Waals surface area contributed by atoms with Crippen LogP contribution >= 0.6 is 0 Å². The summed E-state index contributed by atoms with van der Waals surface area (Å²) in [6.07, 6.45) is -3.15. The smallest absolute Gasteiger partial charge is 0.376 e. The van der Waals surface area contributed by atoms with Crippen LogP contribution in [0.25, 0.3) is 0 Å². The number of ether oxygens (including phenoxy) is 1. The number of hydrogen-bond donors (Lipinski definition) is 0. The Hall–Kier alpha value is -2.42. The minimum atomic E-state index is -4.90. The predicted molar refractivity (Wildman–Crippen MR) is 102 cm³/mol. The third kappa shape index (κ3) is 4.50. The highest BCUT2D eigenvalue weighted by molar-refractivity contribution is 5.95. The number of halogens is 4. The first-order valence-electron chi connectivity index (χ1n) is 9.73. The van der Waals surface area contributed by atoms with Gasteiger partial charge in [-0.2, -0.15) is 18.2 Å². The van der Waals surface area contributed by atoms with Crippen molar-refractivity contribution in [2.45, 2.75) is 57.9 Å². The average molecular weight is 427 g/mol. The summed E-state index contributed by atoms with van der Waals surface area (Å²) >= 11 is 0. The summed E-state index contributed by atoms with van der Waals surface area (Å²) in [5.74, 6) is -2.68. The zero-order valence-electron chi connectivity index (χ0n) is 17.4. The Morgan fingerprint density at radius 2 is 1.97 bits per heavy atom. The fourth-order valence-electron chi connectivity index (χ4n) is 3.64. The third-order valence-corrected chi connectivity index (χ3v) is 5.16. The van der Waals surface area contributed by atoms with Gasteiger partial charge < -0.3 is 4.74 Å². The maximum Gasteiger partial charge on any atom is 0.419 e. The van der Waals surface area contributed by atoms with E-state index in [1.54, 1.807) is 10.7 Å². The Bertz CT molecular complexity index is 1010. The molecule has 0 radical (unpaired) electrons. The number of hydrogen-bond acceptors (Lipinski definition) is 2. The van der Waals surface area contributed by atoms with E-state index in [-0.39, 0.29) is 17.0 Å². The maximum absolute atomic E-state index is 14.4. The number of nitrogens with zero attached hydrogens (tertiary/aromatic N) is 3. The summed E-state index contributed by atoms with van der Waals surface area (Å²) in [5.41, 5.74) is -1.35. The van der Waals surface area contributed by atoms with Crippen molar-refractivity contribution in [3.63, 3.8) is 0 Å². The molecule has 164 valence electrons. The van der Waals surface area contributed by atoms with Gasteiger partial charge in [-0.15, -0.1) is 0 Å². The van der Waals surface area contributed by atoms with Crippen molar-refractivity contribution in [1.29, 1.82) is 0 Å². The summed E-state index contributed by atoms with van der Waals surface area (Å²) in [7, 11) is 1.82. The molecule has 0 bridgehead atoms. The largest absolute Gasteiger partial charge is 0.419 e. The first kappa shape index (κ1) is 22.3. The molecule has 1 aliphatic rings. The molecule has 2 heterocycles. The van der Waals surface area contributed by atoms with Crippen molar-refractivity contribution in [1.82, 2.24) is 9.36 Å². The summed E-state index contributed by atoms with van der Waals surface area (Å²) in [6.45, 7) is 7.08. The van der Waals surface area contributed by atoms with Crippen LogP contribution in [0.4, 0.5) is 17.6 Å². The van der Waals surface area contributed by atoms with Gasteiger partial charge in [0.25, 0.3) is 5.91 Å². The predicted octanol–water partition coefficient (Wildman–Crippen LogP) is 4.20. The van der Waals surface area contributed by atoms with Gasteiger partial charge >= 0.3 is 6.18 Å². The van der Waals surface area contributed by atoms with Gasteiger partial charge in [-0.1, -0.05) is 26.8 Å². The van der Waals surface area contributed by atoms with Gasteiger partial charge in [-0.05, 0) is 25.0 Å². The molecule has 5 nitrogen and oxygen atoms in total. The number of rotatable bonds is 3. The zero-order chi connectivity index (χ0) is 22.3. The van der Waals surface area contributed by atoms with Crippen molar-refractivity contribution in [2.75, 3.05) is 6.61 Å². The molecule has 0 unspecified atom stereocenters. The van der Waals surface area contributed by atoms with Crippen LogP contribution in [-0.2, 0) is 29.9 Å². The van der Waals surface area contributed by atoms with E-state index < -0.39 is 29.0 Å². The quantitative estimate of drug-likeness (QED) is 0.690. The van der Waals surface area contributed by atoms with Crippen LogP contribution in [0, 0.1) is 5.82 Å². The Morgan fingerprint density at radius 1 is 1.27 bits per heavy atom. The van der Waals surface area contributed by atoms with E-state index >= 15 is 0 Å². The van der Waals surface area contributed by atoms with Gasteiger partial charge in [0.1, 0.15) is 5.82 Å². The fraction of sp³-hybridized carbons (Fsp3) is 0.524. The molecule has 1 aliphatic heterocycles. The number of carbonyl (C=O) groups excluding carboxylic acids is 1. The lowest BCUT2D eigenvalue weighted by Gasteiger charge is -2.21. The normalized spacial score (nSPS) is 18.3. The molecule has 1 atom stereocenters. The lowest BCUT2D eigenvalue weighted by molar-refractivity contribution is -0.140. The summed E-state index contributed by atoms with van der Waals surface area (Å²) < 4.78 is 62.7. The van der Waals surface area contributed by atoms with E-state index in [0.29, 0.717) is 19.2 Å². The molecule has 1 saturated heterocycles. The van der Waals surface area contributed by atoms with Gasteiger partial charge in [0.15, 0.2) is 5.49 Å². The number of amides is 1. The van der Waals surface area contributed by atoms with E-state index in [1.165, 1.54) is 0 Å². The highest BCUT2D eigenvalue weighted by Gasteiger charge is 2.35. The first-order chi connectivity index (χ1) is 13.9. The van der Waals surface area contributed by atoms with Crippen LogP contribution in [0.3, 0.4) is 0 Å². The molecule has 1 amide bonds. The molecular formula is C21H25F4N3O2. The van der Waals surface area contributed by atoms with Crippen molar-refractivity contribution in [2.24, 2.45) is 12.0 Å². The highest BCUT2D eigenvalue weighted by atomic mass is 19.4. The molecule has 30 heavy (non-hydrogen) atoms. The van der Waals surface area contributed by atoms with Gasteiger partial charge in [-0.25, -0.2) is 4.39 Å². The number of carbonyl (C=O) groups is 1. The monoisotopic (exact) mass is 427 g/mol. The Balaban J connectivity index is 2.09.